The molecule has 0 amide bonds. The average molecular weight is 256 g/mol. The van der Waals surface area contributed by atoms with E-state index in [-0.39, 0.29) is 0 Å². The lowest BCUT2D eigenvalue weighted by atomic mass is 10.2. The fraction of sp³-hybridized carbons (Fsp3) is 0.333. The Labute approximate surface area is 114 Å². The van der Waals surface area contributed by atoms with Gasteiger partial charge in [0.2, 0.25) is 0 Å². The van der Waals surface area contributed by atoms with Gasteiger partial charge < -0.3 is 10.2 Å². The predicted molar refractivity (Wildman–Crippen MR) is 79.6 cm³/mol. The number of hydrogen-bond donors (Lipinski definition) is 1. The van der Waals surface area contributed by atoms with Gasteiger partial charge in [-0.3, -0.25) is 0 Å². The molecule has 0 saturated carbocycles. The highest BCUT2D eigenvalue weighted by atomic mass is 15.2. The van der Waals surface area contributed by atoms with Crippen LogP contribution in [0, 0.1) is 13.8 Å². The van der Waals surface area contributed by atoms with Crippen molar-refractivity contribution in [1.29, 1.82) is 0 Å². The third kappa shape index (κ3) is 3.44. The Kier molecular flexibility index (Phi) is 4.00. The quantitative estimate of drug-likeness (QED) is 0.913. The van der Waals surface area contributed by atoms with Crippen LogP contribution in [0.5, 0.6) is 0 Å². The summed E-state index contributed by atoms with van der Waals surface area (Å²) in [6, 6.07) is 10.5. The number of nitrogens with zero attached hydrogens (tertiary/aromatic N) is 3. The Balaban J connectivity index is 2.00. The summed E-state index contributed by atoms with van der Waals surface area (Å²) in [5.41, 5.74) is 4.56. The second-order valence-corrected chi connectivity index (χ2v) is 4.91. The first-order chi connectivity index (χ1) is 9.06. The molecule has 4 nitrogen and oxygen atoms in total. The molecule has 0 radical (unpaired) electrons. The molecule has 0 atom stereocenters. The normalized spacial score (nSPS) is 10.3. The highest BCUT2D eigenvalue weighted by Gasteiger charge is 2.00. The second-order valence-electron chi connectivity index (χ2n) is 4.91. The average Bonchev–Trinajstić information content (AvgIpc) is 2.40. The number of aromatic nitrogens is 2. The van der Waals surface area contributed by atoms with Gasteiger partial charge in [0.05, 0.1) is 5.69 Å². The molecule has 2 aromatic rings. The van der Waals surface area contributed by atoms with Gasteiger partial charge in [0.1, 0.15) is 5.82 Å². The van der Waals surface area contributed by atoms with Crippen LogP contribution in [0.15, 0.2) is 30.3 Å². The zero-order valence-electron chi connectivity index (χ0n) is 11.9. The third-order valence-corrected chi connectivity index (χ3v) is 3.16. The van der Waals surface area contributed by atoms with E-state index in [1.165, 1.54) is 11.3 Å². The number of anilines is 2. The highest BCUT2D eigenvalue weighted by molar-refractivity contribution is 5.47. The van der Waals surface area contributed by atoms with Crippen molar-refractivity contribution in [2.24, 2.45) is 0 Å². The van der Waals surface area contributed by atoms with Crippen molar-refractivity contribution < 1.29 is 0 Å². The molecule has 1 heterocycles. The van der Waals surface area contributed by atoms with E-state index >= 15 is 0 Å². The molecule has 0 aliphatic heterocycles. The standard InChI is InChI=1S/C15H20N4/c1-11-9-15(18-17-12(11)2)16-10-13-5-7-14(8-6-13)19(3)4/h5-9H,10H2,1-4H3,(H,16,18). The number of hydrogen-bond acceptors (Lipinski definition) is 4. The summed E-state index contributed by atoms with van der Waals surface area (Å²) < 4.78 is 0. The minimum absolute atomic E-state index is 0.755. The van der Waals surface area contributed by atoms with Gasteiger partial charge in [0, 0.05) is 26.3 Å². The maximum atomic E-state index is 4.13. The third-order valence-electron chi connectivity index (χ3n) is 3.16. The van der Waals surface area contributed by atoms with E-state index in [1.807, 2.05) is 34.0 Å². The Hall–Kier alpha value is -2.10. The molecule has 1 aromatic carbocycles. The SMILES string of the molecule is Cc1cc(NCc2ccc(N(C)C)cc2)nnc1C. The zero-order chi connectivity index (χ0) is 13.8. The van der Waals surface area contributed by atoms with Crippen molar-refractivity contribution in [3.05, 3.63) is 47.2 Å². The Bertz CT molecular complexity index is 547. The van der Waals surface area contributed by atoms with Crippen molar-refractivity contribution in [1.82, 2.24) is 10.2 Å². The molecule has 0 aliphatic carbocycles. The monoisotopic (exact) mass is 256 g/mol. The predicted octanol–water partition coefficient (Wildman–Crippen LogP) is 2.77. The number of benzene rings is 1. The van der Waals surface area contributed by atoms with Gasteiger partial charge in [-0.15, -0.1) is 5.10 Å². The Morgan fingerprint density at radius 1 is 1.05 bits per heavy atom. The number of nitrogens with one attached hydrogen (secondary N) is 1. The smallest absolute Gasteiger partial charge is 0.149 e. The summed E-state index contributed by atoms with van der Waals surface area (Å²) in [4.78, 5) is 2.09. The maximum absolute atomic E-state index is 4.13. The minimum Gasteiger partial charge on any atom is -0.378 e. The van der Waals surface area contributed by atoms with E-state index in [9.17, 15) is 0 Å². The topological polar surface area (TPSA) is 41.0 Å². The first-order valence-corrected chi connectivity index (χ1v) is 6.37. The first kappa shape index (κ1) is 13.3. The molecule has 1 N–H and O–H groups in total. The van der Waals surface area contributed by atoms with Crippen molar-refractivity contribution in [3.63, 3.8) is 0 Å². The van der Waals surface area contributed by atoms with E-state index in [0.717, 1.165) is 23.6 Å². The van der Waals surface area contributed by atoms with Crippen LogP contribution < -0.4 is 10.2 Å². The molecule has 1 aromatic heterocycles. The summed E-state index contributed by atoms with van der Waals surface area (Å²) in [6.45, 7) is 4.76. The Morgan fingerprint density at radius 3 is 2.32 bits per heavy atom. The van der Waals surface area contributed by atoms with E-state index in [2.05, 4.69) is 44.7 Å². The molecule has 4 heteroatoms. The maximum Gasteiger partial charge on any atom is 0.149 e. The van der Waals surface area contributed by atoms with Crippen molar-refractivity contribution >= 4 is 11.5 Å². The lowest BCUT2D eigenvalue weighted by Crippen LogP contribution is -2.08. The molecular formula is C15H20N4. The van der Waals surface area contributed by atoms with Crippen LogP contribution in [0.1, 0.15) is 16.8 Å². The van der Waals surface area contributed by atoms with E-state index in [4.69, 9.17) is 0 Å². The second kappa shape index (κ2) is 5.69. The van der Waals surface area contributed by atoms with Crippen LogP contribution in [0.4, 0.5) is 11.5 Å². The highest BCUT2D eigenvalue weighted by Crippen LogP contribution is 2.14. The van der Waals surface area contributed by atoms with Gasteiger partial charge in [-0.1, -0.05) is 12.1 Å². The van der Waals surface area contributed by atoms with Crippen LogP contribution in [-0.2, 0) is 6.54 Å². The number of rotatable bonds is 4. The van der Waals surface area contributed by atoms with Crippen LogP contribution in [-0.4, -0.2) is 24.3 Å². The van der Waals surface area contributed by atoms with Gasteiger partial charge in [0.15, 0.2) is 0 Å². The molecule has 0 bridgehead atoms. The molecule has 0 aliphatic rings. The summed E-state index contributed by atoms with van der Waals surface area (Å²) in [6.07, 6.45) is 0. The molecular weight excluding hydrogens is 236 g/mol. The zero-order valence-corrected chi connectivity index (χ0v) is 11.9. The summed E-state index contributed by atoms with van der Waals surface area (Å²) in [5, 5.41) is 11.5. The molecule has 2 rings (SSSR count). The van der Waals surface area contributed by atoms with Gasteiger partial charge in [-0.2, -0.15) is 5.10 Å². The molecule has 0 fully saturated rings. The van der Waals surface area contributed by atoms with Crippen molar-refractivity contribution in [3.8, 4) is 0 Å². The molecule has 0 unspecified atom stereocenters. The minimum atomic E-state index is 0.755. The summed E-state index contributed by atoms with van der Waals surface area (Å²) >= 11 is 0. The molecule has 100 valence electrons. The molecule has 0 spiro atoms. The van der Waals surface area contributed by atoms with Crippen LogP contribution in [0.3, 0.4) is 0 Å². The summed E-state index contributed by atoms with van der Waals surface area (Å²) in [7, 11) is 4.08. The van der Waals surface area contributed by atoms with Crippen LogP contribution >= 0.6 is 0 Å². The van der Waals surface area contributed by atoms with Gasteiger partial charge in [0.25, 0.3) is 0 Å². The number of aryl methyl sites for hydroxylation is 2. The van der Waals surface area contributed by atoms with E-state index in [0.29, 0.717) is 0 Å². The lowest BCUT2D eigenvalue weighted by molar-refractivity contribution is 0.947. The molecule has 19 heavy (non-hydrogen) atoms. The fourth-order valence-electron chi connectivity index (χ4n) is 1.74. The van der Waals surface area contributed by atoms with Gasteiger partial charge in [-0.25, -0.2) is 0 Å². The Morgan fingerprint density at radius 2 is 1.74 bits per heavy atom. The van der Waals surface area contributed by atoms with Crippen LogP contribution in [0.2, 0.25) is 0 Å². The molecule has 0 saturated heterocycles. The summed E-state index contributed by atoms with van der Waals surface area (Å²) in [5.74, 6) is 0.819. The largest absolute Gasteiger partial charge is 0.378 e. The lowest BCUT2D eigenvalue weighted by Gasteiger charge is -2.13. The van der Waals surface area contributed by atoms with Crippen molar-refractivity contribution in [2.45, 2.75) is 20.4 Å². The van der Waals surface area contributed by atoms with Gasteiger partial charge in [-0.05, 0) is 43.2 Å². The van der Waals surface area contributed by atoms with E-state index in [1.54, 1.807) is 0 Å². The van der Waals surface area contributed by atoms with Crippen molar-refractivity contribution in [2.75, 3.05) is 24.3 Å². The van der Waals surface area contributed by atoms with Gasteiger partial charge >= 0.3 is 0 Å². The fourth-order valence-corrected chi connectivity index (χ4v) is 1.74. The van der Waals surface area contributed by atoms with Crippen LogP contribution in [0.25, 0.3) is 0 Å². The van der Waals surface area contributed by atoms with E-state index < -0.39 is 0 Å². The first-order valence-electron chi connectivity index (χ1n) is 6.37.